The van der Waals surface area contributed by atoms with E-state index in [0.717, 1.165) is 19.1 Å². The van der Waals surface area contributed by atoms with Gasteiger partial charge in [-0.3, -0.25) is 16.2 Å². The van der Waals surface area contributed by atoms with E-state index in [9.17, 15) is 0 Å². The Morgan fingerprint density at radius 2 is 2.12 bits per heavy atom. The Labute approximate surface area is 97.5 Å². The van der Waals surface area contributed by atoms with Crippen LogP contribution in [0.1, 0.15) is 32.1 Å². The quantitative estimate of drug-likeness (QED) is 0.542. The molecule has 92 valence electrons. The molecule has 3 aliphatic rings. The number of fused-ring (bicyclic) bond motifs is 1. The van der Waals surface area contributed by atoms with Gasteiger partial charge in [0.15, 0.2) is 0 Å². The smallest absolute Gasteiger partial charge is 0.0871 e. The van der Waals surface area contributed by atoms with E-state index in [-0.39, 0.29) is 0 Å². The normalized spacial score (nSPS) is 38.1. The van der Waals surface area contributed by atoms with E-state index in [1.54, 1.807) is 0 Å². The maximum atomic E-state index is 6.02. The molecule has 0 bridgehead atoms. The Bertz CT molecular complexity index is 244. The molecule has 0 radical (unpaired) electrons. The zero-order valence-electron chi connectivity index (χ0n) is 9.90. The van der Waals surface area contributed by atoms with Crippen molar-refractivity contribution in [2.45, 2.75) is 50.3 Å². The third-order valence-electron chi connectivity index (χ3n) is 4.67. The lowest BCUT2D eigenvalue weighted by Crippen LogP contribution is -2.59. The Balaban J connectivity index is 1.61. The summed E-state index contributed by atoms with van der Waals surface area (Å²) in [7, 11) is 0. The van der Waals surface area contributed by atoms with Gasteiger partial charge >= 0.3 is 0 Å². The number of nitrogens with one attached hydrogen (secondary N) is 1. The molecule has 2 heterocycles. The van der Waals surface area contributed by atoms with Gasteiger partial charge in [0.2, 0.25) is 0 Å². The fraction of sp³-hybridized carbons (Fsp3) is 1.00. The summed E-state index contributed by atoms with van der Waals surface area (Å²) >= 11 is 0. The predicted octanol–water partition coefficient (Wildman–Crippen LogP) is 0.482. The third kappa shape index (κ3) is 1.88. The monoisotopic (exact) mass is 225 g/mol. The second kappa shape index (κ2) is 4.61. The van der Waals surface area contributed by atoms with Crippen LogP contribution in [0.2, 0.25) is 0 Å². The Hall–Kier alpha value is -0.160. The molecule has 1 saturated carbocycles. The number of hydrazine groups is 1. The number of nitrogens with two attached hydrogens (primary N) is 1. The first-order chi connectivity index (χ1) is 7.88. The topological polar surface area (TPSA) is 50.5 Å². The molecular formula is C12H23N3O. The minimum atomic E-state index is 0.310. The van der Waals surface area contributed by atoms with E-state index in [0.29, 0.717) is 18.2 Å². The maximum absolute atomic E-state index is 6.02. The molecule has 3 atom stereocenters. The van der Waals surface area contributed by atoms with Gasteiger partial charge in [-0.1, -0.05) is 6.42 Å². The van der Waals surface area contributed by atoms with E-state index in [1.807, 2.05) is 0 Å². The largest absolute Gasteiger partial charge is 0.374 e. The van der Waals surface area contributed by atoms with Crippen LogP contribution >= 0.6 is 0 Å². The Kier molecular flexibility index (Phi) is 3.16. The summed E-state index contributed by atoms with van der Waals surface area (Å²) in [5, 5.41) is 0. The molecule has 4 nitrogen and oxygen atoms in total. The van der Waals surface area contributed by atoms with Crippen LogP contribution in [0.25, 0.3) is 0 Å². The lowest BCUT2D eigenvalue weighted by Gasteiger charge is -2.43. The van der Waals surface area contributed by atoms with Crippen LogP contribution < -0.4 is 11.3 Å². The highest BCUT2D eigenvalue weighted by Gasteiger charge is 2.39. The second-order valence-corrected chi connectivity index (χ2v) is 5.55. The molecule has 3 N–H and O–H groups in total. The minimum absolute atomic E-state index is 0.310. The van der Waals surface area contributed by atoms with Crippen LogP contribution in [0.5, 0.6) is 0 Å². The molecule has 0 spiro atoms. The lowest BCUT2D eigenvalue weighted by atomic mass is 9.77. The zero-order valence-corrected chi connectivity index (χ0v) is 9.90. The van der Waals surface area contributed by atoms with Crippen molar-refractivity contribution >= 4 is 0 Å². The lowest BCUT2D eigenvalue weighted by molar-refractivity contribution is -0.0793. The minimum Gasteiger partial charge on any atom is -0.374 e. The highest BCUT2D eigenvalue weighted by atomic mass is 16.5. The van der Waals surface area contributed by atoms with Crippen molar-refractivity contribution in [3.63, 3.8) is 0 Å². The first kappa shape index (κ1) is 11.0. The average molecular weight is 225 g/mol. The molecule has 2 aliphatic heterocycles. The Morgan fingerprint density at radius 1 is 1.25 bits per heavy atom. The fourth-order valence-corrected chi connectivity index (χ4v) is 3.41. The van der Waals surface area contributed by atoms with Crippen molar-refractivity contribution in [2.24, 2.45) is 11.8 Å². The van der Waals surface area contributed by atoms with Gasteiger partial charge in [-0.15, -0.1) is 0 Å². The van der Waals surface area contributed by atoms with Crippen molar-refractivity contribution in [3.8, 4) is 0 Å². The summed E-state index contributed by atoms with van der Waals surface area (Å²) in [6.07, 6.45) is 6.96. The second-order valence-electron chi connectivity index (χ2n) is 5.55. The van der Waals surface area contributed by atoms with Crippen LogP contribution in [0.15, 0.2) is 0 Å². The molecule has 0 aromatic carbocycles. The van der Waals surface area contributed by atoms with Crippen molar-refractivity contribution in [1.29, 1.82) is 0 Å². The van der Waals surface area contributed by atoms with Gasteiger partial charge in [0.05, 0.1) is 18.8 Å². The number of ether oxygens (including phenoxy) is 1. The van der Waals surface area contributed by atoms with E-state index in [4.69, 9.17) is 10.6 Å². The van der Waals surface area contributed by atoms with Crippen LogP contribution in [-0.2, 0) is 4.74 Å². The fourth-order valence-electron chi connectivity index (χ4n) is 3.41. The summed E-state index contributed by atoms with van der Waals surface area (Å²) < 4.78 is 6.02. The molecular weight excluding hydrogens is 202 g/mol. The van der Waals surface area contributed by atoms with Gasteiger partial charge in [0, 0.05) is 12.6 Å². The highest BCUT2D eigenvalue weighted by Crippen LogP contribution is 2.33. The molecule has 3 rings (SSSR count). The van der Waals surface area contributed by atoms with Crippen LogP contribution in [0.4, 0.5) is 0 Å². The van der Waals surface area contributed by atoms with Crippen molar-refractivity contribution in [2.75, 3.05) is 19.7 Å². The SMILES string of the molecule is NNC(C1CCC1)C1CN2CCCC2CO1. The number of morpholine rings is 1. The summed E-state index contributed by atoms with van der Waals surface area (Å²) in [6.45, 7) is 3.25. The van der Waals surface area contributed by atoms with Gasteiger partial charge in [-0.05, 0) is 38.1 Å². The molecule has 1 aliphatic carbocycles. The van der Waals surface area contributed by atoms with E-state index >= 15 is 0 Å². The first-order valence-electron chi connectivity index (χ1n) is 6.70. The highest BCUT2D eigenvalue weighted by molar-refractivity contribution is 4.93. The van der Waals surface area contributed by atoms with Crippen molar-refractivity contribution in [3.05, 3.63) is 0 Å². The van der Waals surface area contributed by atoms with E-state index in [1.165, 1.54) is 38.6 Å². The summed E-state index contributed by atoms with van der Waals surface area (Å²) in [6, 6.07) is 1.06. The average Bonchev–Trinajstić information content (AvgIpc) is 2.69. The molecule has 2 saturated heterocycles. The number of nitrogens with zero attached hydrogens (tertiary/aromatic N) is 1. The molecule has 4 heteroatoms. The van der Waals surface area contributed by atoms with Crippen LogP contribution in [0.3, 0.4) is 0 Å². The predicted molar refractivity (Wildman–Crippen MR) is 62.8 cm³/mol. The maximum Gasteiger partial charge on any atom is 0.0871 e. The summed E-state index contributed by atoms with van der Waals surface area (Å²) in [5.41, 5.74) is 3.00. The number of hydrogen-bond donors (Lipinski definition) is 2. The van der Waals surface area contributed by atoms with Crippen LogP contribution in [0, 0.1) is 5.92 Å². The zero-order chi connectivity index (χ0) is 11.0. The van der Waals surface area contributed by atoms with Crippen LogP contribution in [-0.4, -0.2) is 42.8 Å². The third-order valence-corrected chi connectivity index (χ3v) is 4.67. The summed E-state index contributed by atoms with van der Waals surface area (Å²) in [5.74, 6) is 6.45. The van der Waals surface area contributed by atoms with Gasteiger partial charge in [-0.25, -0.2) is 0 Å². The van der Waals surface area contributed by atoms with E-state index in [2.05, 4.69) is 10.3 Å². The van der Waals surface area contributed by atoms with E-state index < -0.39 is 0 Å². The standard InChI is InChI=1S/C12H23N3O/c13-14-12(9-3-1-4-9)11-7-15-6-2-5-10(15)8-16-11/h9-12,14H,1-8,13H2. The Morgan fingerprint density at radius 3 is 2.81 bits per heavy atom. The molecule has 16 heavy (non-hydrogen) atoms. The van der Waals surface area contributed by atoms with Gasteiger partial charge < -0.3 is 4.74 Å². The molecule has 3 unspecified atom stereocenters. The van der Waals surface area contributed by atoms with Crippen molar-refractivity contribution < 1.29 is 4.74 Å². The number of hydrogen-bond acceptors (Lipinski definition) is 4. The number of rotatable bonds is 3. The molecule has 0 aromatic rings. The van der Waals surface area contributed by atoms with Gasteiger partial charge in [0.25, 0.3) is 0 Å². The molecule has 3 fully saturated rings. The summed E-state index contributed by atoms with van der Waals surface area (Å²) in [4.78, 5) is 2.59. The van der Waals surface area contributed by atoms with Gasteiger partial charge in [-0.2, -0.15) is 0 Å². The van der Waals surface area contributed by atoms with Crippen molar-refractivity contribution in [1.82, 2.24) is 10.3 Å². The molecule has 0 amide bonds. The molecule has 0 aromatic heterocycles. The first-order valence-corrected chi connectivity index (χ1v) is 6.70. The van der Waals surface area contributed by atoms with Gasteiger partial charge in [0.1, 0.15) is 0 Å².